The van der Waals surface area contributed by atoms with Crippen molar-refractivity contribution in [3.05, 3.63) is 0 Å². The third-order valence-corrected chi connectivity index (χ3v) is 2.07. The monoisotopic (exact) mass is 142 g/mol. The SMILES string of the molecule is CC1OC(C2CC2C=O)O1. The van der Waals surface area contributed by atoms with Crippen molar-refractivity contribution in [3.63, 3.8) is 0 Å². The van der Waals surface area contributed by atoms with E-state index in [2.05, 4.69) is 0 Å². The van der Waals surface area contributed by atoms with Crippen molar-refractivity contribution in [3.8, 4) is 0 Å². The lowest BCUT2D eigenvalue weighted by atomic mass is 10.3. The second-order valence-corrected chi connectivity index (χ2v) is 2.91. The van der Waals surface area contributed by atoms with Crippen LogP contribution in [0.4, 0.5) is 0 Å². The molecule has 2 unspecified atom stereocenters. The van der Waals surface area contributed by atoms with Crippen molar-refractivity contribution in [1.82, 2.24) is 0 Å². The molecule has 0 spiro atoms. The molecule has 0 aromatic heterocycles. The van der Waals surface area contributed by atoms with Crippen LogP contribution in [0.5, 0.6) is 0 Å². The van der Waals surface area contributed by atoms with Crippen molar-refractivity contribution in [2.75, 3.05) is 0 Å². The average Bonchev–Trinajstić information content (AvgIpc) is 2.59. The zero-order valence-corrected chi connectivity index (χ0v) is 5.82. The first-order valence-electron chi connectivity index (χ1n) is 3.57. The number of ether oxygens (including phenoxy) is 2. The van der Waals surface area contributed by atoms with E-state index in [0.717, 1.165) is 12.7 Å². The normalized spacial score (nSPS) is 51.7. The fourth-order valence-electron chi connectivity index (χ4n) is 1.29. The van der Waals surface area contributed by atoms with E-state index < -0.39 is 0 Å². The molecule has 56 valence electrons. The average molecular weight is 142 g/mol. The molecule has 10 heavy (non-hydrogen) atoms. The van der Waals surface area contributed by atoms with Gasteiger partial charge in [-0.15, -0.1) is 0 Å². The van der Waals surface area contributed by atoms with Gasteiger partial charge in [0.05, 0.1) is 0 Å². The molecule has 0 bridgehead atoms. The summed E-state index contributed by atoms with van der Waals surface area (Å²) in [5.41, 5.74) is 0. The van der Waals surface area contributed by atoms with Crippen molar-refractivity contribution in [2.45, 2.75) is 25.9 Å². The predicted molar refractivity (Wildman–Crippen MR) is 33.1 cm³/mol. The molecule has 0 aromatic rings. The van der Waals surface area contributed by atoms with Crippen LogP contribution in [0.2, 0.25) is 0 Å². The predicted octanol–water partition coefficient (Wildman–Crippen LogP) is 0.540. The van der Waals surface area contributed by atoms with Crippen LogP contribution < -0.4 is 0 Å². The minimum absolute atomic E-state index is 0.0575. The Morgan fingerprint density at radius 2 is 2.20 bits per heavy atom. The maximum Gasteiger partial charge on any atom is 0.167 e. The van der Waals surface area contributed by atoms with E-state index in [1.54, 1.807) is 0 Å². The summed E-state index contributed by atoms with van der Waals surface area (Å²) in [5, 5.41) is 0. The first kappa shape index (κ1) is 6.31. The third kappa shape index (κ3) is 0.859. The molecule has 0 amide bonds. The van der Waals surface area contributed by atoms with Crippen LogP contribution in [0.15, 0.2) is 0 Å². The van der Waals surface area contributed by atoms with Gasteiger partial charge in [0.15, 0.2) is 12.6 Å². The van der Waals surface area contributed by atoms with Gasteiger partial charge in [0.2, 0.25) is 0 Å². The van der Waals surface area contributed by atoms with E-state index in [4.69, 9.17) is 9.47 Å². The Hall–Kier alpha value is -0.410. The lowest BCUT2D eigenvalue weighted by Gasteiger charge is -2.33. The second-order valence-electron chi connectivity index (χ2n) is 2.91. The quantitative estimate of drug-likeness (QED) is 0.528. The van der Waals surface area contributed by atoms with Gasteiger partial charge in [-0.25, -0.2) is 0 Å². The van der Waals surface area contributed by atoms with Crippen LogP contribution in [0, 0.1) is 11.8 Å². The molecule has 3 heteroatoms. The van der Waals surface area contributed by atoms with Crippen molar-refractivity contribution in [2.24, 2.45) is 11.8 Å². The molecule has 0 N–H and O–H groups in total. The number of hydrogen-bond donors (Lipinski definition) is 0. The second kappa shape index (κ2) is 2.04. The zero-order chi connectivity index (χ0) is 7.14. The van der Waals surface area contributed by atoms with Gasteiger partial charge in [-0.2, -0.15) is 0 Å². The number of carbonyl (C=O) groups is 1. The number of aldehydes is 1. The van der Waals surface area contributed by atoms with Crippen molar-refractivity contribution >= 4 is 6.29 Å². The van der Waals surface area contributed by atoms with Gasteiger partial charge in [-0.05, 0) is 13.3 Å². The van der Waals surface area contributed by atoms with E-state index in [1.807, 2.05) is 6.92 Å². The van der Waals surface area contributed by atoms with Gasteiger partial charge in [0, 0.05) is 11.8 Å². The standard InChI is InChI=1S/C7H10O3/c1-4-9-7(10-4)6-2-5(6)3-8/h3-7H,2H2,1H3. The lowest BCUT2D eigenvalue weighted by molar-refractivity contribution is -0.383. The molecular formula is C7H10O3. The highest BCUT2D eigenvalue weighted by molar-refractivity contribution is 5.58. The van der Waals surface area contributed by atoms with E-state index in [9.17, 15) is 4.79 Å². The van der Waals surface area contributed by atoms with E-state index in [0.29, 0.717) is 5.92 Å². The highest BCUT2D eigenvalue weighted by Gasteiger charge is 2.49. The minimum atomic E-state index is -0.0785. The van der Waals surface area contributed by atoms with Gasteiger partial charge < -0.3 is 14.3 Å². The largest absolute Gasteiger partial charge is 0.324 e. The Labute approximate surface area is 59.3 Å². The highest BCUT2D eigenvalue weighted by Crippen LogP contribution is 2.44. The van der Waals surface area contributed by atoms with E-state index in [-0.39, 0.29) is 18.5 Å². The molecule has 2 aliphatic rings. The topological polar surface area (TPSA) is 35.5 Å². The Bertz CT molecular complexity index is 151. The minimum Gasteiger partial charge on any atom is -0.324 e. The van der Waals surface area contributed by atoms with Crippen molar-refractivity contribution < 1.29 is 14.3 Å². The Morgan fingerprint density at radius 1 is 1.50 bits per heavy atom. The van der Waals surface area contributed by atoms with Gasteiger partial charge in [-0.1, -0.05) is 0 Å². The van der Waals surface area contributed by atoms with Gasteiger partial charge >= 0.3 is 0 Å². The van der Waals surface area contributed by atoms with Crippen LogP contribution in [-0.2, 0) is 14.3 Å². The van der Waals surface area contributed by atoms with Crippen LogP contribution in [0.3, 0.4) is 0 Å². The lowest BCUT2D eigenvalue weighted by Crippen LogP contribution is -2.40. The molecule has 1 saturated carbocycles. The molecule has 0 aromatic carbocycles. The van der Waals surface area contributed by atoms with Crippen LogP contribution in [0.1, 0.15) is 13.3 Å². The number of hydrogen-bond acceptors (Lipinski definition) is 3. The summed E-state index contributed by atoms with van der Waals surface area (Å²) in [7, 11) is 0. The smallest absolute Gasteiger partial charge is 0.167 e. The number of rotatable bonds is 2. The Balaban J connectivity index is 1.78. The molecule has 1 aliphatic heterocycles. The van der Waals surface area contributed by atoms with E-state index >= 15 is 0 Å². The summed E-state index contributed by atoms with van der Waals surface area (Å²) in [4.78, 5) is 10.2. The van der Waals surface area contributed by atoms with Crippen molar-refractivity contribution in [1.29, 1.82) is 0 Å². The summed E-state index contributed by atoms with van der Waals surface area (Å²) in [6.07, 6.45) is 1.80. The molecule has 0 radical (unpaired) electrons. The highest BCUT2D eigenvalue weighted by atomic mass is 16.9. The first-order chi connectivity index (χ1) is 4.81. The molecule has 1 heterocycles. The molecule has 2 fully saturated rings. The van der Waals surface area contributed by atoms with Gasteiger partial charge in [-0.3, -0.25) is 0 Å². The Morgan fingerprint density at radius 3 is 2.60 bits per heavy atom. The first-order valence-corrected chi connectivity index (χ1v) is 3.57. The molecule has 1 aliphatic carbocycles. The number of carbonyl (C=O) groups excluding carboxylic acids is 1. The summed E-state index contributed by atoms with van der Waals surface area (Å²) < 4.78 is 10.4. The maximum absolute atomic E-state index is 10.2. The fourth-order valence-corrected chi connectivity index (χ4v) is 1.29. The molecule has 2 rings (SSSR count). The summed E-state index contributed by atoms with van der Waals surface area (Å²) in [6, 6.07) is 0. The molecule has 3 nitrogen and oxygen atoms in total. The van der Waals surface area contributed by atoms with Gasteiger partial charge in [0.1, 0.15) is 6.29 Å². The Kier molecular flexibility index (Phi) is 1.28. The zero-order valence-electron chi connectivity index (χ0n) is 5.82. The van der Waals surface area contributed by atoms with Gasteiger partial charge in [0.25, 0.3) is 0 Å². The van der Waals surface area contributed by atoms with Crippen LogP contribution in [-0.4, -0.2) is 18.9 Å². The van der Waals surface area contributed by atoms with Crippen LogP contribution >= 0.6 is 0 Å². The molecular weight excluding hydrogens is 132 g/mol. The molecule has 2 atom stereocenters. The molecule has 1 saturated heterocycles. The van der Waals surface area contributed by atoms with Crippen LogP contribution in [0.25, 0.3) is 0 Å². The third-order valence-electron chi connectivity index (χ3n) is 2.07. The summed E-state index contributed by atoms with van der Waals surface area (Å²) in [5.74, 6) is 0.561. The fraction of sp³-hybridized carbons (Fsp3) is 0.857. The van der Waals surface area contributed by atoms with E-state index in [1.165, 1.54) is 0 Å². The summed E-state index contributed by atoms with van der Waals surface area (Å²) in [6.45, 7) is 1.86. The maximum atomic E-state index is 10.2. The summed E-state index contributed by atoms with van der Waals surface area (Å²) >= 11 is 0.